The predicted molar refractivity (Wildman–Crippen MR) is 80.5 cm³/mol. The minimum atomic E-state index is 0.417. The maximum absolute atomic E-state index is 5.91. The Hall–Kier alpha value is -0.690. The first-order valence-corrected chi connectivity index (χ1v) is 7.35. The van der Waals surface area contributed by atoms with E-state index in [9.17, 15) is 0 Å². The highest BCUT2D eigenvalue weighted by Crippen LogP contribution is 2.36. The maximum Gasteiger partial charge on any atom is 0.0476 e. The highest BCUT2D eigenvalue weighted by atomic mass is 35.5. The quantitative estimate of drug-likeness (QED) is 0.706. The van der Waals surface area contributed by atoms with E-state index in [1.54, 1.807) is 0 Å². The zero-order valence-electron chi connectivity index (χ0n) is 12.0. The van der Waals surface area contributed by atoms with Gasteiger partial charge in [0.1, 0.15) is 0 Å². The van der Waals surface area contributed by atoms with Gasteiger partial charge in [-0.3, -0.25) is 0 Å². The van der Waals surface area contributed by atoms with Crippen molar-refractivity contribution in [1.82, 2.24) is 0 Å². The maximum atomic E-state index is 5.91. The highest BCUT2D eigenvalue weighted by Gasteiger charge is 2.31. The number of aryl methyl sites for hydroxylation is 1. The van der Waals surface area contributed by atoms with E-state index in [1.165, 1.54) is 36.3 Å². The van der Waals surface area contributed by atoms with Gasteiger partial charge < -0.3 is 4.90 Å². The number of halogens is 1. The third-order valence-electron chi connectivity index (χ3n) is 4.25. The minimum absolute atomic E-state index is 0.417. The van der Waals surface area contributed by atoms with Crippen LogP contribution in [0.4, 0.5) is 5.69 Å². The van der Waals surface area contributed by atoms with Gasteiger partial charge in [-0.25, -0.2) is 0 Å². The minimum Gasteiger partial charge on any atom is -0.371 e. The molecule has 1 aromatic carbocycles. The van der Waals surface area contributed by atoms with Crippen molar-refractivity contribution < 1.29 is 0 Å². The van der Waals surface area contributed by atoms with E-state index in [2.05, 4.69) is 50.8 Å². The number of nitrogens with zero attached hydrogens (tertiary/aromatic N) is 1. The number of rotatable bonds is 2. The Morgan fingerprint density at radius 2 is 2.06 bits per heavy atom. The summed E-state index contributed by atoms with van der Waals surface area (Å²) in [5.41, 5.74) is 4.32. The Morgan fingerprint density at radius 1 is 1.33 bits per heavy atom. The van der Waals surface area contributed by atoms with Gasteiger partial charge in [0.15, 0.2) is 0 Å². The van der Waals surface area contributed by atoms with Crippen LogP contribution in [0, 0.1) is 18.3 Å². The first-order valence-electron chi connectivity index (χ1n) is 6.82. The first-order chi connectivity index (χ1) is 8.41. The lowest BCUT2D eigenvalue weighted by molar-refractivity contribution is 0.263. The van der Waals surface area contributed by atoms with Crippen molar-refractivity contribution in [3.05, 3.63) is 29.3 Å². The van der Waals surface area contributed by atoms with Crippen molar-refractivity contribution in [2.75, 3.05) is 18.0 Å². The van der Waals surface area contributed by atoms with E-state index in [4.69, 9.17) is 11.6 Å². The molecule has 0 aliphatic carbocycles. The van der Waals surface area contributed by atoms with Gasteiger partial charge in [0.25, 0.3) is 0 Å². The molecule has 0 aromatic heterocycles. The molecule has 1 aliphatic rings. The molecular formula is C16H24ClN. The van der Waals surface area contributed by atoms with Crippen molar-refractivity contribution in [3.63, 3.8) is 0 Å². The molecule has 1 saturated heterocycles. The molecule has 0 saturated carbocycles. The van der Waals surface area contributed by atoms with E-state index in [1.807, 2.05) is 0 Å². The lowest BCUT2D eigenvalue weighted by Gasteiger charge is -2.27. The van der Waals surface area contributed by atoms with Gasteiger partial charge in [-0.15, -0.1) is 11.6 Å². The molecule has 1 aliphatic heterocycles. The Labute approximate surface area is 116 Å². The van der Waals surface area contributed by atoms with Crippen LogP contribution in [0.2, 0.25) is 0 Å². The Balaban J connectivity index is 2.12. The zero-order chi connectivity index (χ0) is 13.3. The van der Waals surface area contributed by atoms with E-state index in [-0.39, 0.29) is 0 Å². The molecule has 0 spiro atoms. The fraction of sp³-hybridized carbons (Fsp3) is 0.625. The monoisotopic (exact) mass is 265 g/mol. The largest absolute Gasteiger partial charge is 0.371 e. The van der Waals surface area contributed by atoms with Crippen LogP contribution in [0.3, 0.4) is 0 Å². The van der Waals surface area contributed by atoms with Gasteiger partial charge in [-0.2, -0.15) is 0 Å². The van der Waals surface area contributed by atoms with Gasteiger partial charge >= 0.3 is 0 Å². The number of benzene rings is 1. The van der Waals surface area contributed by atoms with Crippen molar-refractivity contribution in [1.29, 1.82) is 0 Å². The summed E-state index contributed by atoms with van der Waals surface area (Å²) in [7, 11) is 0. The SMILES string of the molecule is Cc1cc(N2CCC(C(C)(C)C)C2)ccc1CCl. The van der Waals surface area contributed by atoms with Crippen LogP contribution in [-0.2, 0) is 5.88 Å². The van der Waals surface area contributed by atoms with Crippen LogP contribution in [0.5, 0.6) is 0 Å². The van der Waals surface area contributed by atoms with Crippen molar-refractivity contribution in [3.8, 4) is 0 Å². The lowest BCUT2D eigenvalue weighted by atomic mass is 9.80. The normalized spacial score (nSPS) is 20.5. The number of hydrogen-bond donors (Lipinski definition) is 0. The number of anilines is 1. The van der Waals surface area contributed by atoms with Gasteiger partial charge in [0.05, 0.1) is 0 Å². The van der Waals surface area contributed by atoms with Crippen molar-refractivity contribution >= 4 is 17.3 Å². The molecule has 18 heavy (non-hydrogen) atoms. The second-order valence-corrected chi connectivity index (χ2v) is 6.81. The molecule has 0 bridgehead atoms. The molecule has 2 rings (SSSR count). The summed E-state index contributed by atoms with van der Waals surface area (Å²) in [6, 6.07) is 6.67. The smallest absolute Gasteiger partial charge is 0.0476 e. The molecule has 0 amide bonds. The van der Waals surface area contributed by atoms with Crippen LogP contribution >= 0.6 is 11.6 Å². The molecule has 1 unspecified atom stereocenters. The predicted octanol–water partition coefficient (Wildman–Crippen LogP) is 4.61. The molecule has 1 aromatic rings. The molecule has 0 radical (unpaired) electrons. The van der Waals surface area contributed by atoms with Gasteiger partial charge in [0.2, 0.25) is 0 Å². The topological polar surface area (TPSA) is 3.24 Å². The van der Waals surface area contributed by atoms with Crippen LogP contribution < -0.4 is 4.90 Å². The van der Waals surface area contributed by atoms with Gasteiger partial charge in [-0.05, 0) is 47.9 Å². The second kappa shape index (κ2) is 5.13. The molecule has 0 N–H and O–H groups in total. The Bertz CT molecular complexity index is 420. The van der Waals surface area contributed by atoms with E-state index in [0.717, 1.165) is 5.92 Å². The van der Waals surface area contributed by atoms with Gasteiger partial charge in [0, 0.05) is 24.7 Å². The van der Waals surface area contributed by atoms with E-state index < -0.39 is 0 Å². The number of hydrogen-bond acceptors (Lipinski definition) is 1. The van der Waals surface area contributed by atoms with Crippen LogP contribution in [-0.4, -0.2) is 13.1 Å². The van der Waals surface area contributed by atoms with E-state index >= 15 is 0 Å². The Morgan fingerprint density at radius 3 is 2.56 bits per heavy atom. The summed E-state index contributed by atoms with van der Waals surface area (Å²) in [6.07, 6.45) is 1.31. The fourth-order valence-electron chi connectivity index (χ4n) is 2.73. The Kier molecular flexibility index (Phi) is 3.91. The van der Waals surface area contributed by atoms with Gasteiger partial charge in [-0.1, -0.05) is 26.8 Å². The summed E-state index contributed by atoms with van der Waals surface area (Å²) < 4.78 is 0. The van der Waals surface area contributed by atoms with Crippen LogP contribution in [0.1, 0.15) is 38.3 Å². The fourth-order valence-corrected chi connectivity index (χ4v) is 3.03. The summed E-state index contributed by atoms with van der Waals surface area (Å²) in [6.45, 7) is 11.6. The third-order valence-corrected chi connectivity index (χ3v) is 4.54. The molecule has 100 valence electrons. The molecule has 1 atom stereocenters. The average molecular weight is 266 g/mol. The molecule has 2 heteroatoms. The van der Waals surface area contributed by atoms with Crippen molar-refractivity contribution in [2.24, 2.45) is 11.3 Å². The molecule has 1 fully saturated rings. The van der Waals surface area contributed by atoms with Crippen LogP contribution in [0.25, 0.3) is 0 Å². The molecular weight excluding hydrogens is 242 g/mol. The third kappa shape index (κ3) is 2.83. The van der Waals surface area contributed by atoms with Crippen molar-refractivity contribution in [2.45, 2.75) is 40.0 Å². The first kappa shape index (κ1) is 13.7. The second-order valence-electron chi connectivity index (χ2n) is 6.54. The zero-order valence-corrected chi connectivity index (χ0v) is 12.7. The standard InChI is InChI=1S/C16H24ClN/c1-12-9-15(6-5-13(12)10-17)18-8-7-14(11-18)16(2,3)4/h5-6,9,14H,7-8,10-11H2,1-4H3. The number of alkyl halides is 1. The summed E-state index contributed by atoms with van der Waals surface area (Å²) in [4.78, 5) is 2.51. The van der Waals surface area contributed by atoms with E-state index in [0.29, 0.717) is 11.3 Å². The van der Waals surface area contributed by atoms with Crippen LogP contribution in [0.15, 0.2) is 18.2 Å². The summed E-state index contributed by atoms with van der Waals surface area (Å²) in [5, 5.41) is 0. The molecule has 1 nitrogen and oxygen atoms in total. The summed E-state index contributed by atoms with van der Waals surface area (Å²) >= 11 is 5.91. The molecule has 1 heterocycles. The summed E-state index contributed by atoms with van der Waals surface area (Å²) in [5.74, 6) is 1.40. The lowest BCUT2D eigenvalue weighted by Crippen LogP contribution is -2.25. The highest BCUT2D eigenvalue weighted by molar-refractivity contribution is 6.17. The average Bonchev–Trinajstić information content (AvgIpc) is 2.77.